The van der Waals surface area contributed by atoms with Crippen LogP contribution in [0.4, 0.5) is 0 Å². The first-order chi connectivity index (χ1) is 9.81. The van der Waals surface area contributed by atoms with E-state index in [1.165, 1.54) is 71.3 Å². The maximum absolute atomic E-state index is 10.9. The minimum absolute atomic E-state index is 0.0798. The summed E-state index contributed by atoms with van der Waals surface area (Å²) in [5, 5.41) is 0. The maximum atomic E-state index is 10.9. The summed E-state index contributed by atoms with van der Waals surface area (Å²) in [6, 6.07) is 0. The fourth-order valence-electron chi connectivity index (χ4n) is 2.27. The van der Waals surface area contributed by atoms with Gasteiger partial charge in [-0.2, -0.15) is 0 Å². The van der Waals surface area contributed by atoms with Crippen molar-refractivity contribution in [3.63, 3.8) is 0 Å². The lowest BCUT2D eigenvalue weighted by molar-refractivity contribution is -0.140. The predicted octanol–water partition coefficient (Wildman–Crippen LogP) is 5.81. The fraction of sp³-hybridized carbons (Fsp3) is 0.833. The maximum Gasteiger partial charge on any atom is 0.305 e. The molecule has 0 saturated heterocycles. The largest absolute Gasteiger partial charge is 0.469 e. The van der Waals surface area contributed by atoms with Gasteiger partial charge in [-0.05, 0) is 32.1 Å². The van der Waals surface area contributed by atoms with Crippen molar-refractivity contribution in [2.24, 2.45) is 0 Å². The van der Waals surface area contributed by atoms with Crippen LogP contribution in [-0.2, 0) is 9.53 Å². The van der Waals surface area contributed by atoms with E-state index in [0.717, 1.165) is 12.8 Å². The Balaban J connectivity index is 3.10. The zero-order valence-corrected chi connectivity index (χ0v) is 13.7. The normalized spacial score (nSPS) is 11.1. The summed E-state index contributed by atoms with van der Waals surface area (Å²) in [5.74, 6) is -0.0798. The summed E-state index contributed by atoms with van der Waals surface area (Å²) in [4.78, 5) is 10.9. The van der Waals surface area contributed by atoms with Gasteiger partial charge in [-0.1, -0.05) is 64.0 Å². The van der Waals surface area contributed by atoms with Crippen LogP contribution >= 0.6 is 0 Å². The van der Waals surface area contributed by atoms with Crippen LogP contribution < -0.4 is 0 Å². The van der Waals surface area contributed by atoms with Crippen LogP contribution in [0.15, 0.2) is 12.2 Å². The molecule has 0 bridgehead atoms. The molecule has 2 nitrogen and oxygen atoms in total. The van der Waals surface area contributed by atoms with Gasteiger partial charge in [0.15, 0.2) is 0 Å². The predicted molar refractivity (Wildman–Crippen MR) is 86.9 cm³/mol. The van der Waals surface area contributed by atoms with Gasteiger partial charge in [-0.15, -0.1) is 0 Å². The van der Waals surface area contributed by atoms with Crippen molar-refractivity contribution < 1.29 is 9.53 Å². The average Bonchev–Trinajstić information content (AvgIpc) is 2.47. The molecule has 0 atom stereocenters. The van der Waals surface area contributed by atoms with Gasteiger partial charge in [0, 0.05) is 6.42 Å². The van der Waals surface area contributed by atoms with Crippen molar-refractivity contribution in [1.82, 2.24) is 0 Å². The molecule has 0 aliphatic heterocycles. The summed E-state index contributed by atoms with van der Waals surface area (Å²) in [6.07, 6.45) is 20.5. The fourth-order valence-corrected chi connectivity index (χ4v) is 2.27. The number of ether oxygens (including phenoxy) is 1. The molecule has 118 valence electrons. The molecule has 0 aromatic rings. The third-order valence-electron chi connectivity index (χ3n) is 3.62. The number of methoxy groups -OCH3 is 1. The van der Waals surface area contributed by atoms with E-state index in [1.807, 2.05) is 0 Å². The number of unbranched alkanes of at least 4 members (excludes halogenated alkanes) is 10. The SMILES string of the molecule is CCCCCCCCC=CCCCCCCC(=O)OC. The van der Waals surface area contributed by atoms with Crippen LogP contribution in [0.5, 0.6) is 0 Å². The van der Waals surface area contributed by atoms with E-state index in [0.29, 0.717) is 6.42 Å². The van der Waals surface area contributed by atoms with Crippen LogP contribution in [-0.4, -0.2) is 13.1 Å². The Labute approximate surface area is 126 Å². The molecule has 0 N–H and O–H groups in total. The topological polar surface area (TPSA) is 26.3 Å². The van der Waals surface area contributed by atoms with Crippen molar-refractivity contribution in [2.75, 3.05) is 7.11 Å². The van der Waals surface area contributed by atoms with E-state index in [2.05, 4.69) is 23.8 Å². The van der Waals surface area contributed by atoms with Gasteiger partial charge >= 0.3 is 5.97 Å². The van der Waals surface area contributed by atoms with Crippen LogP contribution in [0.3, 0.4) is 0 Å². The minimum atomic E-state index is -0.0798. The summed E-state index contributed by atoms with van der Waals surface area (Å²) in [7, 11) is 1.46. The third kappa shape index (κ3) is 15.3. The van der Waals surface area contributed by atoms with Crippen molar-refractivity contribution in [3.8, 4) is 0 Å². The Morgan fingerprint density at radius 2 is 1.30 bits per heavy atom. The van der Waals surface area contributed by atoms with Crippen molar-refractivity contribution in [3.05, 3.63) is 12.2 Å². The van der Waals surface area contributed by atoms with Gasteiger partial charge in [-0.25, -0.2) is 0 Å². The zero-order valence-electron chi connectivity index (χ0n) is 13.7. The molecule has 0 fully saturated rings. The molecule has 0 aliphatic carbocycles. The second-order valence-corrected chi connectivity index (χ2v) is 5.56. The summed E-state index contributed by atoms with van der Waals surface area (Å²) < 4.78 is 4.61. The van der Waals surface area contributed by atoms with Crippen LogP contribution in [0.25, 0.3) is 0 Å². The van der Waals surface area contributed by atoms with Gasteiger partial charge in [0.05, 0.1) is 7.11 Å². The van der Waals surface area contributed by atoms with Crippen molar-refractivity contribution in [2.45, 2.75) is 90.4 Å². The van der Waals surface area contributed by atoms with E-state index < -0.39 is 0 Å². The lowest BCUT2D eigenvalue weighted by atomic mass is 10.1. The first kappa shape index (κ1) is 19.2. The molecule has 0 aromatic carbocycles. The number of hydrogen-bond donors (Lipinski definition) is 0. The van der Waals surface area contributed by atoms with Crippen molar-refractivity contribution >= 4 is 5.97 Å². The molecule has 0 saturated carbocycles. The highest BCUT2D eigenvalue weighted by Gasteiger charge is 1.98. The number of allylic oxidation sites excluding steroid dienone is 2. The van der Waals surface area contributed by atoms with E-state index in [9.17, 15) is 4.79 Å². The second-order valence-electron chi connectivity index (χ2n) is 5.56. The molecular formula is C18H34O2. The second kappa shape index (κ2) is 16.3. The Morgan fingerprint density at radius 3 is 1.85 bits per heavy atom. The smallest absolute Gasteiger partial charge is 0.305 e. The molecule has 0 unspecified atom stereocenters. The van der Waals surface area contributed by atoms with E-state index in [4.69, 9.17) is 0 Å². The summed E-state index contributed by atoms with van der Waals surface area (Å²) >= 11 is 0. The standard InChI is InChI=1S/C18H34O2/c1-3-4-5-6-7-8-9-10-11-12-13-14-15-16-17-18(19)20-2/h10-11H,3-9,12-17H2,1-2H3. The molecule has 0 spiro atoms. The number of carbonyl (C=O) groups excluding carboxylic acids is 1. The molecule has 0 amide bonds. The Bertz CT molecular complexity index is 234. The Morgan fingerprint density at radius 1 is 0.800 bits per heavy atom. The van der Waals surface area contributed by atoms with Gasteiger partial charge < -0.3 is 4.74 Å². The monoisotopic (exact) mass is 282 g/mol. The number of hydrogen-bond acceptors (Lipinski definition) is 2. The molecule has 0 rings (SSSR count). The molecule has 0 aliphatic rings. The van der Waals surface area contributed by atoms with Crippen LogP contribution in [0.1, 0.15) is 90.4 Å². The van der Waals surface area contributed by atoms with Gasteiger partial charge in [0.1, 0.15) is 0 Å². The van der Waals surface area contributed by atoms with Gasteiger partial charge in [-0.3, -0.25) is 4.79 Å². The van der Waals surface area contributed by atoms with Gasteiger partial charge in [0.25, 0.3) is 0 Å². The summed E-state index contributed by atoms with van der Waals surface area (Å²) in [6.45, 7) is 2.26. The molecule has 20 heavy (non-hydrogen) atoms. The van der Waals surface area contributed by atoms with E-state index in [1.54, 1.807) is 0 Å². The van der Waals surface area contributed by atoms with E-state index in [-0.39, 0.29) is 5.97 Å². The number of esters is 1. The quantitative estimate of drug-likeness (QED) is 0.228. The third-order valence-corrected chi connectivity index (χ3v) is 3.62. The molecular weight excluding hydrogens is 248 g/mol. The Kier molecular flexibility index (Phi) is 15.6. The first-order valence-electron chi connectivity index (χ1n) is 8.53. The highest BCUT2D eigenvalue weighted by atomic mass is 16.5. The van der Waals surface area contributed by atoms with E-state index >= 15 is 0 Å². The number of rotatable bonds is 14. The number of carbonyl (C=O) groups is 1. The summed E-state index contributed by atoms with van der Waals surface area (Å²) in [5.41, 5.74) is 0. The van der Waals surface area contributed by atoms with Crippen LogP contribution in [0.2, 0.25) is 0 Å². The first-order valence-corrected chi connectivity index (χ1v) is 8.53. The lowest BCUT2D eigenvalue weighted by Gasteiger charge is -1.99. The highest BCUT2D eigenvalue weighted by Crippen LogP contribution is 2.09. The molecule has 0 aromatic heterocycles. The van der Waals surface area contributed by atoms with Crippen LogP contribution in [0, 0.1) is 0 Å². The zero-order chi connectivity index (χ0) is 14.9. The van der Waals surface area contributed by atoms with Gasteiger partial charge in [0.2, 0.25) is 0 Å². The molecule has 2 heteroatoms. The lowest BCUT2D eigenvalue weighted by Crippen LogP contribution is -1.98. The highest BCUT2D eigenvalue weighted by molar-refractivity contribution is 5.68. The van der Waals surface area contributed by atoms with Crippen molar-refractivity contribution in [1.29, 1.82) is 0 Å². The molecule has 0 heterocycles. The average molecular weight is 282 g/mol. The Hall–Kier alpha value is -0.790. The molecule has 0 radical (unpaired) electrons. The minimum Gasteiger partial charge on any atom is -0.469 e.